The molecule has 0 radical (unpaired) electrons. The summed E-state index contributed by atoms with van der Waals surface area (Å²) in [6.07, 6.45) is 6.41. The summed E-state index contributed by atoms with van der Waals surface area (Å²) in [5.41, 5.74) is 0.827. The molecular weight excluding hydrogens is 274 g/mol. The number of aliphatic hydroxyl groups excluding tert-OH is 1. The van der Waals surface area contributed by atoms with Crippen molar-refractivity contribution in [2.24, 2.45) is 17.8 Å². The molecule has 5 heteroatoms. The van der Waals surface area contributed by atoms with Crippen molar-refractivity contribution in [1.29, 1.82) is 0 Å². The average molecular weight is 298 g/mol. The summed E-state index contributed by atoms with van der Waals surface area (Å²) >= 11 is 6.27. The molecule has 2 fully saturated rings. The standard InChI is InChI=1S/C15H24ClN3O/c1-18(2)7-8-19-14(12(16)9-17-19)15(20)13-10-5-3-4-6-11(10)13/h9-11,13,15,20H,3-8H2,1-2H3. The van der Waals surface area contributed by atoms with Crippen LogP contribution in [0.3, 0.4) is 0 Å². The number of hydrogen-bond donors (Lipinski definition) is 1. The average Bonchev–Trinajstić information content (AvgIpc) is 3.04. The normalized spacial score (nSPS) is 30.4. The van der Waals surface area contributed by atoms with Crippen molar-refractivity contribution >= 4 is 11.6 Å². The third-order valence-corrected chi connectivity index (χ3v) is 5.25. The number of hydrogen-bond acceptors (Lipinski definition) is 3. The van der Waals surface area contributed by atoms with Gasteiger partial charge in [-0.05, 0) is 44.7 Å². The molecule has 4 nitrogen and oxygen atoms in total. The number of rotatable bonds is 5. The van der Waals surface area contributed by atoms with Crippen LogP contribution in [0.5, 0.6) is 0 Å². The topological polar surface area (TPSA) is 41.3 Å². The van der Waals surface area contributed by atoms with E-state index in [2.05, 4.69) is 10.00 Å². The van der Waals surface area contributed by atoms with Crippen molar-refractivity contribution in [3.8, 4) is 0 Å². The maximum atomic E-state index is 10.7. The molecule has 2 saturated carbocycles. The summed E-state index contributed by atoms with van der Waals surface area (Å²) in [6.45, 7) is 1.67. The first kappa shape index (κ1) is 14.4. The fraction of sp³-hybridized carbons (Fsp3) is 0.800. The number of aliphatic hydroxyl groups is 1. The van der Waals surface area contributed by atoms with Crippen LogP contribution in [0.15, 0.2) is 6.20 Å². The third kappa shape index (κ3) is 2.61. The van der Waals surface area contributed by atoms with Gasteiger partial charge in [0.05, 0.1) is 23.5 Å². The van der Waals surface area contributed by atoms with Crippen LogP contribution in [-0.2, 0) is 6.54 Å². The first-order valence-electron chi connectivity index (χ1n) is 7.63. The molecular formula is C15H24ClN3O. The highest BCUT2D eigenvalue weighted by atomic mass is 35.5. The minimum Gasteiger partial charge on any atom is -0.386 e. The second kappa shape index (κ2) is 5.66. The fourth-order valence-electron chi connectivity index (χ4n) is 3.84. The predicted octanol–water partition coefficient (Wildman–Crippen LogP) is 2.57. The quantitative estimate of drug-likeness (QED) is 0.908. The van der Waals surface area contributed by atoms with Gasteiger partial charge in [-0.25, -0.2) is 0 Å². The third-order valence-electron chi connectivity index (χ3n) is 4.96. The Labute approximate surface area is 125 Å². The van der Waals surface area contributed by atoms with Gasteiger partial charge in [-0.3, -0.25) is 4.68 Å². The highest BCUT2D eigenvalue weighted by Crippen LogP contribution is 2.60. The van der Waals surface area contributed by atoms with E-state index in [1.807, 2.05) is 18.8 Å². The van der Waals surface area contributed by atoms with Gasteiger partial charge in [-0.1, -0.05) is 24.4 Å². The van der Waals surface area contributed by atoms with E-state index in [1.54, 1.807) is 6.20 Å². The van der Waals surface area contributed by atoms with E-state index >= 15 is 0 Å². The van der Waals surface area contributed by atoms with Gasteiger partial charge in [0.15, 0.2) is 0 Å². The van der Waals surface area contributed by atoms with Crippen molar-refractivity contribution in [3.63, 3.8) is 0 Å². The zero-order valence-corrected chi connectivity index (χ0v) is 13.1. The van der Waals surface area contributed by atoms with Gasteiger partial charge in [0, 0.05) is 6.54 Å². The summed E-state index contributed by atoms with van der Waals surface area (Å²) in [4.78, 5) is 2.11. The van der Waals surface area contributed by atoms with Crippen LogP contribution in [0.1, 0.15) is 37.5 Å². The van der Waals surface area contributed by atoms with E-state index in [1.165, 1.54) is 25.7 Å². The lowest BCUT2D eigenvalue weighted by Crippen LogP contribution is -2.21. The Hall–Kier alpha value is -0.580. The molecule has 1 aromatic heterocycles. The van der Waals surface area contributed by atoms with Gasteiger partial charge in [0.2, 0.25) is 0 Å². The minimum atomic E-state index is -0.444. The molecule has 3 rings (SSSR count). The number of nitrogens with zero attached hydrogens (tertiary/aromatic N) is 3. The fourth-order valence-corrected chi connectivity index (χ4v) is 4.09. The maximum Gasteiger partial charge on any atom is 0.100 e. The van der Waals surface area contributed by atoms with E-state index in [-0.39, 0.29) is 0 Å². The van der Waals surface area contributed by atoms with Gasteiger partial charge in [0.25, 0.3) is 0 Å². The predicted molar refractivity (Wildman–Crippen MR) is 79.7 cm³/mol. The minimum absolute atomic E-state index is 0.407. The monoisotopic (exact) mass is 297 g/mol. The largest absolute Gasteiger partial charge is 0.386 e. The van der Waals surface area contributed by atoms with Gasteiger partial charge < -0.3 is 10.0 Å². The zero-order chi connectivity index (χ0) is 14.3. The lowest BCUT2D eigenvalue weighted by atomic mass is 10.0. The van der Waals surface area contributed by atoms with Crippen molar-refractivity contribution in [2.45, 2.75) is 38.3 Å². The Morgan fingerprint density at radius 2 is 2.05 bits per heavy atom. The smallest absolute Gasteiger partial charge is 0.100 e. The summed E-state index contributed by atoms with van der Waals surface area (Å²) in [6, 6.07) is 0. The van der Waals surface area contributed by atoms with E-state index in [9.17, 15) is 5.11 Å². The van der Waals surface area contributed by atoms with E-state index in [0.717, 1.165) is 18.8 Å². The Morgan fingerprint density at radius 1 is 1.40 bits per heavy atom. The Balaban J connectivity index is 1.74. The van der Waals surface area contributed by atoms with Crippen LogP contribution in [0, 0.1) is 17.8 Å². The second-order valence-electron chi connectivity index (χ2n) is 6.54. The molecule has 2 aliphatic rings. The maximum absolute atomic E-state index is 10.7. The molecule has 112 valence electrons. The SMILES string of the molecule is CN(C)CCn1ncc(Cl)c1C(O)C1C2CCCCC21. The van der Waals surface area contributed by atoms with E-state index in [0.29, 0.717) is 22.8 Å². The van der Waals surface area contributed by atoms with Crippen LogP contribution >= 0.6 is 11.6 Å². The second-order valence-corrected chi connectivity index (χ2v) is 6.95. The highest BCUT2D eigenvalue weighted by Gasteiger charge is 2.55. The molecule has 0 aromatic carbocycles. The summed E-state index contributed by atoms with van der Waals surface area (Å²) in [5, 5.41) is 15.7. The Kier molecular flexibility index (Phi) is 4.07. The van der Waals surface area contributed by atoms with Gasteiger partial charge in [-0.15, -0.1) is 0 Å². The molecule has 1 aromatic rings. The van der Waals surface area contributed by atoms with Crippen molar-refractivity contribution < 1.29 is 5.11 Å². The number of halogens is 1. The van der Waals surface area contributed by atoms with Gasteiger partial charge in [0.1, 0.15) is 6.10 Å². The molecule has 0 bridgehead atoms. The van der Waals surface area contributed by atoms with Crippen LogP contribution in [0.2, 0.25) is 5.02 Å². The molecule has 3 atom stereocenters. The van der Waals surface area contributed by atoms with Gasteiger partial charge >= 0.3 is 0 Å². The zero-order valence-electron chi connectivity index (χ0n) is 12.3. The van der Waals surface area contributed by atoms with Crippen LogP contribution < -0.4 is 0 Å². The molecule has 0 spiro atoms. The summed E-state index contributed by atoms with van der Waals surface area (Å²) < 4.78 is 1.89. The van der Waals surface area contributed by atoms with Crippen LogP contribution in [-0.4, -0.2) is 40.4 Å². The molecule has 2 aliphatic carbocycles. The van der Waals surface area contributed by atoms with E-state index in [4.69, 9.17) is 11.6 Å². The van der Waals surface area contributed by atoms with E-state index < -0.39 is 6.10 Å². The Bertz CT molecular complexity index is 462. The molecule has 20 heavy (non-hydrogen) atoms. The van der Waals surface area contributed by atoms with Gasteiger partial charge in [-0.2, -0.15) is 5.10 Å². The molecule has 0 amide bonds. The number of likely N-dealkylation sites (N-methyl/N-ethyl adjacent to an activating group) is 1. The molecule has 1 N–H and O–H groups in total. The summed E-state index contributed by atoms with van der Waals surface area (Å²) in [7, 11) is 4.08. The molecule has 0 saturated heterocycles. The van der Waals surface area contributed by atoms with Crippen molar-refractivity contribution in [1.82, 2.24) is 14.7 Å². The molecule has 3 unspecified atom stereocenters. The Morgan fingerprint density at radius 3 is 2.65 bits per heavy atom. The van der Waals surface area contributed by atoms with Crippen molar-refractivity contribution in [2.75, 3.05) is 20.6 Å². The summed E-state index contributed by atoms with van der Waals surface area (Å²) in [5.74, 6) is 1.84. The molecule has 1 heterocycles. The first-order valence-corrected chi connectivity index (χ1v) is 8.01. The molecule has 0 aliphatic heterocycles. The lowest BCUT2D eigenvalue weighted by molar-refractivity contribution is 0.131. The lowest BCUT2D eigenvalue weighted by Gasteiger charge is -2.16. The van der Waals surface area contributed by atoms with Crippen LogP contribution in [0.4, 0.5) is 0 Å². The van der Waals surface area contributed by atoms with Crippen LogP contribution in [0.25, 0.3) is 0 Å². The first-order chi connectivity index (χ1) is 9.59. The highest BCUT2D eigenvalue weighted by molar-refractivity contribution is 6.31. The number of fused-ring (bicyclic) bond motifs is 1. The number of aromatic nitrogens is 2. The van der Waals surface area contributed by atoms with Crippen molar-refractivity contribution in [3.05, 3.63) is 16.9 Å².